The van der Waals surface area contributed by atoms with Gasteiger partial charge in [0.2, 0.25) is 5.82 Å². The Morgan fingerprint density at radius 2 is 1.51 bits per heavy atom. The third-order valence-electron chi connectivity index (χ3n) is 5.29. The van der Waals surface area contributed by atoms with Gasteiger partial charge in [-0.1, -0.05) is 36.2 Å². The van der Waals surface area contributed by atoms with Crippen molar-refractivity contribution < 1.29 is 41.4 Å². The number of anilines is 2. The van der Waals surface area contributed by atoms with E-state index in [1.807, 2.05) is 31.3 Å². The molecular weight excluding hydrogens is 523 g/mol. The van der Waals surface area contributed by atoms with Crippen molar-refractivity contribution in [2.24, 2.45) is 0 Å². The van der Waals surface area contributed by atoms with E-state index in [9.17, 15) is 36.6 Å². The van der Waals surface area contributed by atoms with Crippen molar-refractivity contribution in [3.8, 4) is 11.5 Å². The average Bonchev–Trinajstić information content (AvgIpc) is 2.84. The molecule has 3 aromatic carbocycles. The summed E-state index contributed by atoms with van der Waals surface area (Å²) in [7, 11) is 0. The minimum Gasteiger partial charge on any atom is -0.506 e. The van der Waals surface area contributed by atoms with Crippen LogP contribution in [0.4, 0.5) is 33.3 Å². The van der Waals surface area contributed by atoms with Gasteiger partial charge in [-0.3, -0.25) is 9.59 Å². The Hall–Kier alpha value is -3.86. The Morgan fingerprint density at radius 1 is 0.919 bits per heavy atom. The molecule has 0 aliphatic carbocycles. The summed E-state index contributed by atoms with van der Waals surface area (Å²) >= 11 is 6.06. The van der Waals surface area contributed by atoms with Crippen LogP contribution in [0, 0.1) is 42.9 Å². The minimum absolute atomic E-state index is 0.188. The van der Waals surface area contributed by atoms with Gasteiger partial charge in [-0.25, -0.2) is 22.0 Å². The second kappa shape index (κ2) is 11.0. The van der Waals surface area contributed by atoms with Crippen LogP contribution in [-0.4, -0.2) is 23.0 Å². The maximum Gasteiger partial charge on any atom is 0.265 e. The quantitative estimate of drug-likeness (QED) is 0.139. The summed E-state index contributed by atoms with van der Waals surface area (Å²) in [5, 5.41) is 14.3. The number of carbonyl (C=O) groups is 2. The first-order chi connectivity index (χ1) is 17.3. The zero-order valence-corrected chi connectivity index (χ0v) is 20.4. The van der Waals surface area contributed by atoms with E-state index in [2.05, 4.69) is 5.32 Å². The van der Waals surface area contributed by atoms with Gasteiger partial charge in [0, 0.05) is 6.07 Å². The molecule has 12 heteroatoms. The van der Waals surface area contributed by atoms with Crippen molar-refractivity contribution in [2.45, 2.75) is 33.3 Å². The molecule has 0 aromatic heterocycles. The molecule has 0 saturated carbocycles. The summed E-state index contributed by atoms with van der Waals surface area (Å²) < 4.78 is 73.8. The van der Waals surface area contributed by atoms with Crippen molar-refractivity contribution >= 4 is 34.8 Å². The summed E-state index contributed by atoms with van der Waals surface area (Å²) in [6.45, 7) is 5.43. The third-order valence-corrected chi connectivity index (χ3v) is 5.60. The van der Waals surface area contributed by atoms with Crippen molar-refractivity contribution in [3.63, 3.8) is 0 Å². The second-order valence-electron chi connectivity index (χ2n) is 8.02. The Morgan fingerprint density at radius 3 is 2.08 bits per heavy atom. The molecule has 0 bridgehead atoms. The van der Waals surface area contributed by atoms with Crippen molar-refractivity contribution in [2.75, 3.05) is 10.6 Å². The first-order valence-corrected chi connectivity index (χ1v) is 11.1. The van der Waals surface area contributed by atoms with E-state index in [-0.39, 0.29) is 17.1 Å². The summed E-state index contributed by atoms with van der Waals surface area (Å²) in [6, 6.07) is 7.26. The topological polar surface area (TPSA) is 87.7 Å². The lowest BCUT2D eigenvalue weighted by Crippen LogP contribution is -2.32. The number of hydrogen-bond donors (Lipinski definition) is 3. The molecule has 196 valence electrons. The van der Waals surface area contributed by atoms with Crippen molar-refractivity contribution in [3.05, 3.63) is 81.1 Å². The summed E-state index contributed by atoms with van der Waals surface area (Å²) in [6.07, 6.45) is -0.683. The predicted molar refractivity (Wildman–Crippen MR) is 127 cm³/mol. The molecule has 3 rings (SSSR count). The molecular formula is C25H20ClF5N2O4. The highest BCUT2D eigenvalue weighted by molar-refractivity contribution is 6.34. The van der Waals surface area contributed by atoms with E-state index in [0.717, 1.165) is 23.3 Å². The van der Waals surface area contributed by atoms with Crippen LogP contribution in [0.5, 0.6) is 11.5 Å². The molecule has 0 aliphatic heterocycles. The molecule has 0 heterocycles. The molecule has 1 atom stereocenters. The van der Waals surface area contributed by atoms with E-state index < -0.39 is 64.0 Å². The van der Waals surface area contributed by atoms with E-state index in [1.54, 1.807) is 13.0 Å². The third kappa shape index (κ3) is 5.77. The first kappa shape index (κ1) is 27.7. The lowest BCUT2D eigenvalue weighted by Gasteiger charge is -2.19. The number of aryl methyl sites for hydroxylation is 2. The first-order valence-electron chi connectivity index (χ1n) is 10.8. The van der Waals surface area contributed by atoms with Crippen LogP contribution in [0.2, 0.25) is 5.02 Å². The van der Waals surface area contributed by atoms with Crippen molar-refractivity contribution in [1.29, 1.82) is 0 Å². The Kier molecular flexibility index (Phi) is 8.27. The molecule has 3 aromatic rings. The van der Waals surface area contributed by atoms with Crippen LogP contribution in [0.1, 0.15) is 34.8 Å². The van der Waals surface area contributed by atoms with Crippen LogP contribution in [0.3, 0.4) is 0 Å². The summed E-state index contributed by atoms with van der Waals surface area (Å²) in [5.41, 5.74) is -0.532. The van der Waals surface area contributed by atoms with Gasteiger partial charge >= 0.3 is 0 Å². The second-order valence-corrected chi connectivity index (χ2v) is 8.43. The molecule has 6 nitrogen and oxygen atoms in total. The van der Waals surface area contributed by atoms with Crippen LogP contribution >= 0.6 is 11.6 Å². The maximum absolute atomic E-state index is 13.9. The van der Waals surface area contributed by atoms with Gasteiger partial charge in [0.1, 0.15) is 17.1 Å². The number of ether oxygens (including phenoxy) is 1. The van der Waals surface area contributed by atoms with Gasteiger partial charge in [0.25, 0.3) is 11.8 Å². The standard InChI is InChI=1S/C25H20ClF5N2O4/c1-4-16(37-17-6-5-10(2)7-11(17)3)24(35)33-14-8-12(26)13(9-15(14)34)32-25(36)18-19(27)21(29)23(31)22(30)20(18)28/h5-9,16,34H,4H2,1-3H3,(H,32,36)(H,33,35). The normalized spacial score (nSPS) is 11.7. The monoisotopic (exact) mass is 542 g/mol. The number of phenolic OH excluding ortho intramolecular Hbond substituents is 1. The van der Waals surface area contributed by atoms with Gasteiger partial charge in [-0.2, -0.15) is 0 Å². The lowest BCUT2D eigenvalue weighted by molar-refractivity contribution is -0.122. The highest BCUT2D eigenvalue weighted by Gasteiger charge is 2.30. The number of nitrogens with one attached hydrogen (secondary N) is 2. The van der Waals surface area contributed by atoms with Crippen LogP contribution < -0.4 is 15.4 Å². The van der Waals surface area contributed by atoms with E-state index in [1.165, 1.54) is 0 Å². The fourth-order valence-electron chi connectivity index (χ4n) is 3.37. The molecule has 3 N–H and O–H groups in total. The number of amides is 2. The van der Waals surface area contributed by atoms with Crippen molar-refractivity contribution in [1.82, 2.24) is 0 Å². The van der Waals surface area contributed by atoms with Gasteiger partial charge in [-0.05, 0) is 38.0 Å². The lowest BCUT2D eigenvalue weighted by atomic mass is 10.1. The number of halogens is 6. The summed E-state index contributed by atoms with van der Waals surface area (Å²) in [5.74, 6) is -14.2. The van der Waals surface area contributed by atoms with Gasteiger partial charge in [0.05, 0.1) is 16.4 Å². The van der Waals surface area contributed by atoms with E-state index >= 15 is 0 Å². The van der Waals surface area contributed by atoms with Crippen LogP contribution in [-0.2, 0) is 4.79 Å². The smallest absolute Gasteiger partial charge is 0.265 e. The largest absolute Gasteiger partial charge is 0.506 e. The number of phenols is 1. The molecule has 0 fully saturated rings. The Balaban J connectivity index is 1.81. The number of benzene rings is 3. The number of rotatable bonds is 7. The van der Waals surface area contributed by atoms with E-state index in [4.69, 9.17) is 16.3 Å². The predicted octanol–water partition coefficient (Wildman–Crippen LogP) is 6.41. The number of hydrogen-bond acceptors (Lipinski definition) is 4. The highest BCUT2D eigenvalue weighted by Crippen LogP contribution is 2.35. The molecule has 0 radical (unpaired) electrons. The maximum atomic E-state index is 13.9. The van der Waals surface area contributed by atoms with Gasteiger partial charge in [-0.15, -0.1) is 0 Å². The Bertz CT molecular complexity index is 1370. The SMILES string of the molecule is CCC(Oc1ccc(C)cc1C)C(=O)Nc1cc(Cl)c(NC(=O)c2c(F)c(F)c(F)c(F)c2F)cc1O. The number of aromatic hydroxyl groups is 1. The van der Waals surface area contributed by atoms with E-state index in [0.29, 0.717) is 5.75 Å². The average molecular weight is 543 g/mol. The van der Waals surface area contributed by atoms with Crippen LogP contribution in [0.25, 0.3) is 0 Å². The fourth-order valence-corrected chi connectivity index (χ4v) is 3.58. The van der Waals surface area contributed by atoms with Crippen LogP contribution in [0.15, 0.2) is 30.3 Å². The molecule has 1 unspecified atom stereocenters. The zero-order valence-electron chi connectivity index (χ0n) is 19.6. The molecule has 2 amide bonds. The fraction of sp³-hybridized carbons (Fsp3) is 0.200. The highest BCUT2D eigenvalue weighted by atomic mass is 35.5. The Labute approximate surface area is 213 Å². The zero-order chi connectivity index (χ0) is 27.6. The molecule has 37 heavy (non-hydrogen) atoms. The molecule has 0 saturated heterocycles. The number of carbonyl (C=O) groups excluding carboxylic acids is 2. The molecule has 0 spiro atoms. The van der Waals surface area contributed by atoms with Gasteiger partial charge < -0.3 is 20.5 Å². The molecule has 0 aliphatic rings. The minimum atomic E-state index is -2.42. The van der Waals surface area contributed by atoms with Gasteiger partial charge in [0.15, 0.2) is 29.4 Å². The summed E-state index contributed by atoms with van der Waals surface area (Å²) in [4.78, 5) is 25.0.